The Labute approximate surface area is 207 Å². The van der Waals surface area contributed by atoms with Gasteiger partial charge in [0.2, 0.25) is 0 Å². The van der Waals surface area contributed by atoms with Crippen molar-refractivity contribution in [1.82, 2.24) is 29.4 Å². The van der Waals surface area contributed by atoms with Gasteiger partial charge in [0.15, 0.2) is 5.65 Å². The van der Waals surface area contributed by atoms with Crippen LogP contribution in [0.5, 0.6) is 0 Å². The SMILES string of the molecule is Cc1cc(N2CCc3c(c(C)nn3CC34CCC(N5CCOCC5)(CC3)C4)C2)c2cnn(C)c2n1. The number of nitrogens with zero attached hydrogens (tertiary/aromatic N) is 7. The lowest BCUT2D eigenvalue weighted by Gasteiger charge is -2.42. The molecule has 2 aliphatic heterocycles. The molecule has 2 bridgehead atoms. The van der Waals surface area contributed by atoms with E-state index >= 15 is 0 Å². The zero-order chi connectivity index (χ0) is 23.8. The summed E-state index contributed by atoms with van der Waals surface area (Å²) in [6, 6.07) is 2.22. The standard InChI is InChI=1S/C27H37N7O/c1-19-14-24(21-15-28-31(3)25(21)29-19)32-9-4-23-22(16-32)20(2)30-34(23)18-26-5-7-27(17-26,8-6-26)33-10-12-35-13-11-33/h14-15H,4-13,16-18H2,1-3H3. The molecular formula is C27H37N7O. The van der Waals surface area contributed by atoms with Crippen molar-refractivity contribution in [2.24, 2.45) is 12.5 Å². The molecule has 4 aliphatic rings. The van der Waals surface area contributed by atoms with E-state index in [9.17, 15) is 0 Å². The van der Waals surface area contributed by atoms with E-state index in [1.54, 1.807) is 0 Å². The second-order valence-corrected chi connectivity index (χ2v) is 11.6. The number of pyridine rings is 1. The first-order valence-corrected chi connectivity index (χ1v) is 13.4. The number of anilines is 1. The summed E-state index contributed by atoms with van der Waals surface area (Å²) >= 11 is 0. The molecule has 1 saturated heterocycles. The van der Waals surface area contributed by atoms with Crippen molar-refractivity contribution >= 4 is 16.7 Å². The van der Waals surface area contributed by atoms with E-state index < -0.39 is 0 Å². The minimum atomic E-state index is 0.422. The highest BCUT2D eigenvalue weighted by Crippen LogP contribution is 2.59. The van der Waals surface area contributed by atoms with Crippen molar-refractivity contribution in [3.05, 3.63) is 34.9 Å². The molecule has 35 heavy (non-hydrogen) atoms. The summed E-state index contributed by atoms with van der Waals surface area (Å²) in [7, 11) is 1.97. The number of hydrogen-bond donors (Lipinski definition) is 0. The van der Waals surface area contributed by atoms with Crippen molar-refractivity contribution in [3.8, 4) is 0 Å². The molecule has 3 aromatic heterocycles. The maximum Gasteiger partial charge on any atom is 0.159 e. The number of morpholine rings is 1. The molecule has 3 fully saturated rings. The summed E-state index contributed by atoms with van der Waals surface area (Å²) in [6.07, 6.45) is 9.75. The first-order chi connectivity index (χ1) is 17.0. The second-order valence-electron chi connectivity index (χ2n) is 11.6. The number of hydrogen-bond acceptors (Lipinski definition) is 6. The Morgan fingerprint density at radius 1 is 1.06 bits per heavy atom. The van der Waals surface area contributed by atoms with Crippen LogP contribution >= 0.6 is 0 Å². The van der Waals surface area contributed by atoms with Gasteiger partial charge in [0, 0.05) is 68.7 Å². The van der Waals surface area contributed by atoms with Crippen LogP contribution in [0.3, 0.4) is 0 Å². The van der Waals surface area contributed by atoms with E-state index in [1.807, 2.05) is 17.9 Å². The molecule has 0 radical (unpaired) electrons. The molecule has 5 heterocycles. The third-order valence-electron chi connectivity index (χ3n) is 9.60. The molecule has 0 spiro atoms. The fourth-order valence-electron chi connectivity index (χ4n) is 7.77. The molecule has 3 aromatic rings. The topological polar surface area (TPSA) is 64.2 Å². The molecule has 0 N–H and O–H groups in total. The Morgan fingerprint density at radius 2 is 1.86 bits per heavy atom. The third kappa shape index (κ3) is 3.36. The van der Waals surface area contributed by atoms with E-state index in [4.69, 9.17) is 14.8 Å². The van der Waals surface area contributed by atoms with Gasteiger partial charge in [0.25, 0.3) is 0 Å². The predicted octanol–water partition coefficient (Wildman–Crippen LogP) is 3.38. The average Bonchev–Trinajstić information content (AvgIpc) is 3.62. The Morgan fingerprint density at radius 3 is 2.66 bits per heavy atom. The van der Waals surface area contributed by atoms with Crippen LogP contribution in [0.4, 0.5) is 5.69 Å². The Bertz CT molecular complexity index is 1280. The first kappa shape index (κ1) is 21.8. The van der Waals surface area contributed by atoms with Gasteiger partial charge in [-0.05, 0) is 57.4 Å². The molecule has 7 rings (SSSR count). The summed E-state index contributed by atoms with van der Waals surface area (Å²) in [6.45, 7) is 11.3. The molecule has 0 unspecified atom stereocenters. The lowest BCUT2D eigenvalue weighted by Crippen LogP contribution is -2.51. The van der Waals surface area contributed by atoms with E-state index in [0.717, 1.165) is 69.1 Å². The quantitative estimate of drug-likeness (QED) is 0.577. The van der Waals surface area contributed by atoms with Gasteiger partial charge >= 0.3 is 0 Å². The number of fused-ring (bicyclic) bond motifs is 4. The largest absolute Gasteiger partial charge is 0.379 e. The average molecular weight is 476 g/mol. The van der Waals surface area contributed by atoms with Gasteiger partial charge < -0.3 is 9.64 Å². The molecule has 0 atom stereocenters. The molecule has 0 aromatic carbocycles. The maximum atomic E-state index is 5.65. The minimum Gasteiger partial charge on any atom is -0.379 e. The van der Waals surface area contributed by atoms with E-state index in [0.29, 0.717) is 11.0 Å². The Hall–Kier alpha value is -2.45. The van der Waals surface area contributed by atoms with Gasteiger partial charge in [-0.1, -0.05) is 0 Å². The fourth-order valence-corrected chi connectivity index (χ4v) is 7.77. The summed E-state index contributed by atoms with van der Waals surface area (Å²) in [5.41, 5.74) is 8.20. The highest BCUT2D eigenvalue weighted by Gasteiger charge is 2.57. The third-order valence-corrected chi connectivity index (χ3v) is 9.60. The Kier molecular flexibility index (Phi) is 4.84. The fraction of sp³-hybridized carbons (Fsp3) is 0.667. The van der Waals surface area contributed by atoms with Crippen LogP contribution in [0, 0.1) is 19.3 Å². The summed E-state index contributed by atoms with van der Waals surface area (Å²) < 4.78 is 9.95. The highest BCUT2D eigenvalue weighted by molar-refractivity contribution is 5.89. The Balaban J connectivity index is 1.14. The van der Waals surface area contributed by atoms with Crippen LogP contribution in [0.1, 0.15) is 54.7 Å². The molecule has 2 aliphatic carbocycles. The zero-order valence-electron chi connectivity index (χ0n) is 21.4. The molecule has 186 valence electrons. The molecule has 0 amide bonds. The van der Waals surface area contributed by atoms with Crippen LogP contribution in [0.25, 0.3) is 11.0 Å². The smallest absolute Gasteiger partial charge is 0.159 e. The number of ether oxygens (including phenoxy) is 1. The molecule has 8 heteroatoms. The zero-order valence-corrected chi connectivity index (χ0v) is 21.4. The monoisotopic (exact) mass is 475 g/mol. The first-order valence-electron chi connectivity index (χ1n) is 13.4. The number of rotatable bonds is 4. The molecule has 2 saturated carbocycles. The van der Waals surface area contributed by atoms with Crippen LogP contribution < -0.4 is 4.90 Å². The number of aryl methyl sites for hydroxylation is 3. The molecular weight excluding hydrogens is 438 g/mol. The number of aromatic nitrogens is 5. The maximum absolute atomic E-state index is 5.65. The van der Waals surface area contributed by atoms with E-state index in [-0.39, 0.29) is 0 Å². The summed E-state index contributed by atoms with van der Waals surface area (Å²) in [5, 5.41) is 10.8. The van der Waals surface area contributed by atoms with Gasteiger partial charge in [-0.15, -0.1) is 0 Å². The van der Waals surface area contributed by atoms with Crippen molar-refractivity contribution < 1.29 is 4.74 Å². The second kappa shape index (κ2) is 7.77. The normalized spacial score (nSPS) is 28.8. The van der Waals surface area contributed by atoms with Crippen molar-refractivity contribution in [2.45, 2.75) is 71.0 Å². The van der Waals surface area contributed by atoms with Crippen molar-refractivity contribution in [3.63, 3.8) is 0 Å². The van der Waals surface area contributed by atoms with Crippen LogP contribution in [-0.2, 0) is 31.3 Å². The summed E-state index contributed by atoms with van der Waals surface area (Å²) in [4.78, 5) is 9.99. The van der Waals surface area contributed by atoms with Gasteiger partial charge in [-0.2, -0.15) is 10.2 Å². The van der Waals surface area contributed by atoms with Crippen LogP contribution in [-0.4, -0.2) is 67.8 Å². The predicted molar refractivity (Wildman–Crippen MR) is 136 cm³/mol. The van der Waals surface area contributed by atoms with Gasteiger partial charge in [-0.3, -0.25) is 14.3 Å². The van der Waals surface area contributed by atoms with Crippen LogP contribution in [0.2, 0.25) is 0 Å². The van der Waals surface area contributed by atoms with Gasteiger partial charge in [-0.25, -0.2) is 4.98 Å². The lowest BCUT2D eigenvalue weighted by molar-refractivity contribution is -0.0193. The van der Waals surface area contributed by atoms with Crippen molar-refractivity contribution in [2.75, 3.05) is 37.7 Å². The highest BCUT2D eigenvalue weighted by atomic mass is 16.5. The lowest BCUT2D eigenvalue weighted by atomic mass is 9.83. The van der Waals surface area contributed by atoms with Gasteiger partial charge in [0.05, 0.1) is 36.2 Å². The van der Waals surface area contributed by atoms with E-state index in [1.165, 1.54) is 54.7 Å². The van der Waals surface area contributed by atoms with Crippen LogP contribution in [0.15, 0.2) is 12.3 Å². The minimum absolute atomic E-state index is 0.422. The van der Waals surface area contributed by atoms with E-state index in [2.05, 4.69) is 39.5 Å². The van der Waals surface area contributed by atoms with Gasteiger partial charge in [0.1, 0.15) is 0 Å². The summed E-state index contributed by atoms with van der Waals surface area (Å²) in [5.74, 6) is 0. The molecule has 8 nitrogen and oxygen atoms in total. The van der Waals surface area contributed by atoms with Crippen molar-refractivity contribution in [1.29, 1.82) is 0 Å².